The smallest absolute Gasteiger partial charge is 0.0899 e. The van der Waals surface area contributed by atoms with Crippen molar-refractivity contribution < 1.29 is 0 Å². The standard InChI is InChI=1S/C10H22N4S2/c1-3-7(9(11)15)13-5-6-14-8(4-2)10(12)16/h7-8,13-14H,3-6H2,1-2H3,(H2,11,15)(H2,12,16). The third kappa shape index (κ3) is 6.32. The molecule has 0 aliphatic heterocycles. The van der Waals surface area contributed by atoms with Crippen LogP contribution in [-0.2, 0) is 0 Å². The third-order valence-corrected chi connectivity index (χ3v) is 2.98. The minimum atomic E-state index is 0.113. The summed E-state index contributed by atoms with van der Waals surface area (Å²) in [6.45, 7) is 5.70. The van der Waals surface area contributed by atoms with Gasteiger partial charge in [-0.2, -0.15) is 0 Å². The van der Waals surface area contributed by atoms with Gasteiger partial charge in [-0.3, -0.25) is 0 Å². The Labute approximate surface area is 109 Å². The van der Waals surface area contributed by atoms with Crippen LogP contribution in [0, 0.1) is 0 Å². The van der Waals surface area contributed by atoms with Crippen molar-refractivity contribution in [3.63, 3.8) is 0 Å². The normalized spacial score (nSPS) is 14.4. The van der Waals surface area contributed by atoms with Gasteiger partial charge in [0.05, 0.1) is 22.1 Å². The van der Waals surface area contributed by atoms with Crippen LogP contribution in [0.4, 0.5) is 0 Å². The van der Waals surface area contributed by atoms with Crippen molar-refractivity contribution in [1.82, 2.24) is 10.6 Å². The molecule has 0 radical (unpaired) electrons. The SMILES string of the molecule is CCC(NCCNC(CC)C(N)=S)C(N)=S. The Morgan fingerprint density at radius 1 is 0.938 bits per heavy atom. The zero-order chi connectivity index (χ0) is 12.6. The van der Waals surface area contributed by atoms with E-state index in [4.69, 9.17) is 35.9 Å². The Morgan fingerprint density at radius 3 is 1.44 bits per heavy atom. The van der Waals surface area contributed by atoms with Gasteiger partial charge >= 0.3 is 0 Å². The number of nitrogens with one attached hydrogen (secondary N) is 2. The molecular weight excluding hydrogens is 240 g/mol. The van der Waals surface area contributed by atoms with E-state index in [1.807, 2.05) is 13.8 Å². The predicted octanol–water partition coefficient (Wildman–Crippen LogP) is 0.295. The van der Waals surface area contributed by atoms with E-state index < -0.39 is 0 Å². The molecule has 0 saturated carbocycles. The highest BCUT2D eigenvalue weighted by atomic mass is 32.1. The lowest BCUT2D eigenvalue weighted by atomic mass is 10.2. The van der Waals surface area contributed by atoms with Crippen LogP contribution in [0.3, 0.4) is 0 Å². The summed E-state index contributed by atoms with van der Waals surface area (Å²) in [7, 11) is 0. The van der Waals surface area contributed by atoms with Gasteiger partial charge in [-0.1, -0.05) is 38.3 Å². The van der Waals surface area contributed by atoms with E-state index in [2.05, 4.69) is 10.6 Å². The molecule has 0 bridgehead atoms. The van der Waals surface area contributed by atoms with E-state index in [-0.39, 0.29) is 12.1 Å². The zero-order valence-electron chi connectivity index (χ0n) is 9.95. The van der Waals surface area contributed by atoms with Crippen LogP contribution in [0.2, 0.25) is 0 Å². The summed E-state index contributed by atoms with van der Waals surface area (Å²) in [5, 5.41) is 6.55. The molecule has 0 rings (SSSR count). The van der Waals surface area contributed by atoms with Crippen LogP contribution < -0.4 is 22.1 Å². The van der Waals surface area contributed by atoms with Gasteiger partial charge in [0.2, 0.25) is 0 Å². The second-order valence-electron chi connectivity index (χ2n) is 3.63. The quantitative estimate of drug-likeness (QED) is 0.354. The lowest BCUT2D eigenvalue weighted by Gasteiger charge is -2.18. The van der Waals surface area contributed by atoms with Gasteiger partial charge in [0.1, 0.15) is 0 Å². The molecule has 0 saturated heterocycles. The molecule has 4 nitrogen and oxygen atoms in total. The molecule has 16 heavy (non-hydrogen) atoms. The van der Waals surface area contributed by atoms with Gasteiger partial charge in [-0.05, 0) is 12.8 Å². The Morgan fingerprint density at radius 2 is 1.25 bits per heavy atom. The van der Waals surface area contributed by atoms with E-state index in [0.717, 1.165) is 25.9 Å². The fourth-order valence-corrected chi connectivity index (χ4v) is 1.89. The molecule has 6 N–H and O–H groups in total. The van der Waals surface area contributed by atoms with Crippen LogP contribution in [0.1, 0.15) is 26.7 Å². The fraction of sp³-hybridized carbons (Fsp3) is 0.800. The first-order valence-corrected chi connectivity index (χ1v) is 6.39. The molecule has 6 heteroatoms. The summed E-state index contributed by atoms with van der Waals surface area (Å²) in [5.41, 5.74) is 11.1. The van der Waals surface area contributed by atoms with E-state index in [0.29, 0.717) is 9.98 Å². The molecule has 94 valence electrons. The van der Waals surface area contributed by atoms with Crippen molar-refractivity contribution in [2.24, 2.45) is 11.5 Å². The largest absolute Gasteiger partial charge is 0.392 e. The molecule has 0 aromatic carbocycles. The summed E-state index contributed by atoms with van der Waals surface area (Å²) in [5.74, 6) is 0. The Balaban J connectivity index is 3.73. The van der Waals surface area contributed by atoms with Crippen LogP contribution in [0.25, 0.3) is 0 Å². The summed E-state index contributed by atoms with van der Waals surface area (Å²) >= 11 is 9.87. The first-order valence-electron chi connectivity index (χ1n) is 5.58. The maximum Gasteiger partial charge on any atom is 0.0899 e. The first kappa shape index (κ1) is 15.7. The van der Waals surface area contributed by atoms with Crippen LogP contribution in [0.15, 0.2) is 0 Å². The first-order chi connectivity index (χ1) is 7.52. The predicted molar refractivity (Wildman–Crippen MR) is 77.7 cm³/mol. The topological polar surface area (TPSA) is 76.1 Å². The second-order valence-corrected chi connectivity index (χ2v) is 4.58. The van der Waals surface area contributed by atoms with Crippen molar-refractivity contribution in [1.29, 1.82) is 0 Å². The van der Waals surface area contributed by atoms with Crippen LogP contribution in [0.5, 0.6) is 0 Å². The lowest BCUT2D eigenvalue weighted by molar-refractivity contribution is 0.542. The van der Waals surface area contributed by atoms with Crippen molar-refractivity contribution in [3.05, 3.63) is 0 Å². The molecule has 0 spiro atoms. The second kappa shape index (κ2) is 8.81. The molecule has 0 aliphatic carbocycles. The third-order valence-electron chi connectivity index (χ3n) is 2.41. The molecular formula is C10H22N4S2. The highest BCUT2D eigenvalue weighted by Gasteiger charge is 2.09. The molecule has 2 unspecified atom stereocenters. The summed E-state index contributed by atoms with van der Waals surface area (Å²) in [6, 6.07) is 0.225. The van der Waals surface area contributed by atoms with Gasteiger partial charge < -0.3 is 22.1 Å². The Hall–Kier alpha value is -0.300. The van der Waals surface area contributed by atoms with Gasteiger partial charge in [0.25, 0.3) is 0 Å². The number of thiocarbonyl (C=S) groups is 2. The average molecular weight is 262 g/mol. The number of hydrogen-bond donors (Lipinski definition) is 4. The minimum Gasteiger partial charge on any atom is -0.392 e. The van der Waals surface area contributed by atoms with Crippen molar-refractivity contribution >= 4 is 34.4 Å². The van der Waals surface area contributed by atoms with Gasteiger partial charge in [0, 0.05) is 13.1 Å². The summed E-state index contributed by atoms with van der Waals surface area (Å²) < 4.78 is 0. The Kier molecular flexibility index (Phi) is 8.64. The number of rotatable bonds is 9. The maximum atomic E-state index is 5.57. The number of nitrogens with two attached hydrogens (primary N) is 2. The van der Waals surface area contributed by atoms with Gasteiger partial charge in [-0.25, -0.2) is 0 Å². The molecule has 0 aromatic heterocycles. The highest BCUT2D eigenvalue weighted by molar-refractivity contribution is 7.80. The lowest BCUT2D eigenvalue weighted by Crippen LogP contribution is -2.46. The van der Waals surface area contributed by atoms with Crippen LogP contribution in [-0.4, -0.2) is 35.2 Å². The average Bonchev–Trinajstić information content (AvgIpc) is 2.22. The molecule has 0 fully saturated rings. The van der Waals surface area contributed by atoms with Crippen molar-refractivity contribution in [2.45, 2.75) is 38.8 Å². The molecule has 0 heterocycles. The molecule has 0 aliphatic rings. The number of hydrogen-bond acceptors (Lipinski definition) is 4. The monoisotopic (exact) mass is 262 g/mol. The maximum absolute atomic E-state index is 5.57. The molecule has 2 atom stereocenters. The highest BCUT2D eigenvalue weighted by Crippen LogP contribution is 1.92. The van der Waals surface area contributed by atoms with Gasteiger partial charge in [-0.15, -0.1) is 0 Å². The van der Waals surface area contributed by atoms with Crippen molar-refractivity contribution in [2.75, 3.05) is 13.1 Å². The molecule has 0 amide bonds. The fourth-order valence-electron chi connectivity index (χ4n) is 1.39. The zero-order valence-corrected chi connectivity index (χ0v) is 11.6. The summed E-state index contributed by atoms with van der Waals surface area (Å²) in [4.78, 5) is 1.03. The van der Waals surface area contributed by atoms with E-state index >= 15 is 0 Å². The van der Waals surface area contributed by atoms with E-state index in [1.165, 1.54) is 0 Å². The van der Waals surface area contributed by atoms with Crippen LogP contribution >= 0.6 is 24.4 Å². The summed E-state index contributed by atoms with van der Waals surface area (Å²) in [6.07, 6.45) is 1.81. The molecule has 0 aromatic rings. The van der Waals surface area contributed by atoms with E-state index in [9.17, 15) is 0 Å². The minimum absolute atomic E-state index is 0.113. The van der Waals surface area contributed by atoms with Crippen molar-refractivity contribution in [3.8, 4) is 0 Å². The van der Waals surface area contributed by atoms with E-state index in [1.54, 1.807) is 0 Å². The Bertz CT molecular complexity index is 209. The van der Waals surface area contributed by atoms with Gasteiger partial charge in [0.15, 0.2) is 0 Å².